The largest absolute Gasteiger partial charge is 0.396 e. The number of urea groups is 1. The maximum absolute atomic E-state index is 11.5. The van der Waals surface area contributed by atoms with Crippen LogP contribution in [-0.4, -0.2) is 67.2 Å². The molecule has 1 rings (SSSR count). The van der Waals surface area contributed by atoms with Crippen molar-refractivity contribution in [3.05, 3.63) is 0 Å². The van der Waals surface area contributed by atoms with Crippen LogP contribution < -0.4 is 16.0 Å². The van der Waals surface area contributed by atoms with Gasteiger partial charge in [-0.3, -0.25) is 14.7 Å². The predicted molar refractivity (Wildman–Crippen MR) is 93.7 cm³/mol. The van der Waals surface area contributed by atoms with Crippen LogP contribution in [0.4, 0.5) is 4.79 Å². The van der Waals surface area contributed by atoms with E-state index in [0.29, 0.717) is 37.4 Å². The van der Waals surface area contributed by atoms with Gasteiger partial charge in [-0.25, -0.2) is 4.79 Å². The summed E-state index contributed by atoms with van der Waals surface area (Å²) < 4.78 is 0. The van der Waals surface area contributed by atoms with Crippen molar-refractivity contribution in [1.29, 1.82) is 0 Å². The maximum Gasteiger partial charge on any atom is 0.324 e. The molecule has 0 aromatic heterocycles. The third kappa shape index (κ3) is 7.16. The summed E-state index contributed by atoms with van der Waals surface area (Å²) in [6.07, 6.45) is 1.76. The van der Waals surface area contributed by atoms with Gasteiger partial charge in [-0.15, -0.1) is 0 Å². The lowest BCUT2D eigenvalue weighted by Gasteiger charge is -2.18. The van der Waals surface area contributed by atoms with Crippen molar-refractivity contribution in [1.82, 2.24) is 20.9 Å². The van der Waals surface area contributed by atoms with Crippen molar-refractivity contribution < 1.29 is 14.7 Å². The monoisotopic (exact) mass is 341 g/mol. The highest BCUT2D eigenvalue weighted by atomic mass is 16.3. The van der Waals surface area contributed by atoms with E-state index >= 15 is 0 Å². The van der Waals surface area contributed by atoms with E-state index in [9.17, 15) is 14.7 Å². The van der Waals surface area contributed by atoms with Crippen molar-refractivity contribution >= 4 is 17.9 Å². The minimum atomic E-state index is -0.344. The van der Waals surface area contributed by atoms with Gasteiger partial charge in [0.05, 0.1) is 6.54 Å². The molecule has 0 saturated carbocycles. The van der Waals surface area contributed by atoms with E-state index < -0.39 is 0 Å². The average molecular weight is 341 g/mol. The predicted octanol–water partition coefficient (Wildman–Crippen LogP) is 0.138. The molecule has 0 radical (unpaired) electrons. The van der Waals surface area contributed by atoms with Gasteiger partial charge in [-0.2, -0.15) is 0 Å². The van der Waals surface area contributed by atoms with Crippen LogP contribution in [0.5, 0.6) is 0 Å². The van der Waals surface area contributed by atoms with Crippen molar-refractivity contribution in [2.75, 3.05) is 39.3 Å². The summed E-state index contributed by atoms with van der Waals surface area (Å²) in [6, 6.07) is -0.344. The summed E-state index contributed by atoms with van der Waals surface area (Å²) >= 11 is 0. The van der Waals surface area contributed by atoms with E-state index in [1.165, 1.54) is 4.90 Å². The lowest BCUT2D eigenvalue weighted by molar-refractivity contribution is -0.124. The standard InChI is InChI=1S/C16H31N5O3/c1-4-17-15(19-10-13(5-8-22)9-12(2)3)18-6-7-21-14(23)11-20-16(21)24/h12-13,22H,4-11H2,1-3H3,(H,20,24)(H2,17,18,19). The molecule has 138 valence electrons. The van der Waals surface area contributed by atoms with Gasteiger partial charge < -0.3 is 21.1 Å². The Labute approximate surface area is 144 Å². The number of hydrogen-bond acceptors (Lipinski definition) is 4. The third-order valence-electron chi connectivity index (χ3n) is 3.76. The van der Waals surface area contributed by atoms with Gasteiger partial charge in [0, 0.05) is 32.8 Å². The molecule has 0 bridgehead atoms. The first-order valence-corrected chi connectivity index (χ1v) is 8.69. The Hall–Kier alpha value is -1.83. The van der Waals surface area contributed by atoms with Gasteiger partial charge in [0.25, 0.3) is 0 Å². The Balaban J connectivity index is 2.48. The average Bonchev–Trinajstić information content (AvgIpc) is 2.83. The zero-order chi connectivity index (χ0) is 17.9. The summed E-state index contributed by atoms with van der Waals surface area (Å²) in [5, 5.41) is 18.0. The highest BCUT2D eigenvalue weighted by Crippen LogP contribution is 2.15. The molecule has 1 unspecified atom stereocenters. The number of carbonyl (C=O) groups is 2. The fourth-order valence-corrected chi connectivity index (χ4v) is 2.66. The molecule has 0 spiro atoms. The molecular weight excluding hydrogens is 310 g/mol. The molecule has 3 amide bonds. The zero-order valence-electron chi connectivity index (χ0n) is 15.0. The van der Waals surface area contributed by atoms with Crippen molar-refractivity contribution in [3.63, 3.8) is 0 Å². The lowest BCUT2D eigenvalue weighted by atomic mass is 9.94. The number of carbonyl (C=O) groups excluding carboxylic acids is 2. The van der Waals surface area contributed by atoms with Crippen LogP contribution in [0, 0.1) is 11.8 Å². The molecule has 1 heterocycles. The number of nitrogens with zero attached hydrogens (tertiary/aromatic N) is 2. The molecule has 1 aliphatic rings. The summed E-state index contributed by atoms with van der Waals surface area (Å²) in [5.74, 6) is 1.36. The van der Waals surface area contributed by atoms with Crippen LogP contribution in [-0.2, 0) is 4.79 Å². The topological polar surface area (TPSA) is 106 Å². The molecule has 0 aromatic carbocycles. The molecule has 0 aromatic rings. The van der Waals surface area contributed by atoms with Crippen LogP contribution in [0.2, 0.25) is 0 Å². The number of amides is 3. The van der Waals surface area contributed by atoms with Gasteiger partial charge in [0.2, 0.25) is 5.91 Å². The number of guanidine groups is 1. The molecular formula is C16H31N5O3. The van der Waals surface area contributed by atoms with E-state index in [-0.39, 0.29) is 25.1 Å². The van der Waals surface area contributed by atoms with Gasteiger partial charge in [-0.1, -0.05) is 13.8 Å². The number of aliphatic hydroxyl groups excluding tert-OH is 1. The summed E-state index contributed by atoms with van der Waals surface area (Å²) in [4.78, 5) is 28.8. The number of rotatable bonds is 10. The quantitative estimate of drug-likeness (QED) is 0.257. The Kier molecular flexibility index (Phi) is 9.14. The number of aliphatic imine (C=N–C) groups is 1. The maximum atomic E-state index is 11.5. The van der Waals surface area contributed by atoms with E-state index in [4.69, 9.17) is 0 Å². The van der Waals surface area contributed by atoms with Crippen molar-refractivity contribution in [2.45, 2.75) is 33.6 Å². The summed E-state index contributed by atoms with van der Waals surface area (Å²) in [7, 11) is 0. The summed E-state index contributed by atoms with van der Waals surface area (Å²) in [6.45, 7) is 8.66. The zero-order valence-corrected chi connectivity index (χ0v) is 15.0. The molecule has 8 heteroatoms. The highest BCUT2D eigenvalue weighted by Gasteiger charge is 2.27. The van der Waals surface area contributed by atoms with Crippen LogP contribution in [0.25, 0.3) is 0 Å². The molecule has 8 nitrogen and oxygen atoms in total. The minimum Gasteiger partial charge on any atom is -0.396 e. The first-order valence-electron chi connectivity index (χ1n) is 8.69. The molecule has 1 fully saturated rings. The lowest BCUT2D eigenvalue weighted by Crippen LogP contribution is -2.43. The Bertz CT molecular complexity index is 423. The number of hydrogen-bond donors (Lipinski definition) is 4. The third-order valence-corrected chi connectivity index (χ3v) is 3.76. The van der Waals surface area contributed by atoms with Gasteiger partial charge in [0.1, 0.15) is 0 Å². The van der Waals surface area contributed by atoms with Crippen LogP contribution in [0.1, 0.15) is 33.6 Å². The highest BCUT2D eigenvalue weighted by molar-refractivity contribution is 6.01. The molecule has 4 N–H and O–H groups in total. The van der Waals surface area contributed by atoms with Gasteiger partial charge in [0.15, 0.2) is 5.96 Å². The SMILES string of the molecule is CCNC(=NCC(CCO)CC(C)C)NCCN1C(=O)CNC1=O. The minimum absolute atomic E-state index is 0.0744. The first kappa shape index (κ1) is 20.2. The number of nitrogens with one attached hydrogen (secondary N) is 3. The van der Waals surface area contributed by atoms with Crippen LogP contribution in [0.15, 0.2) is 4.99 Å². The van der Waals surface area contributed by atoms with E-state index in [2.05, 4.69) is 34.8 Å². The van der Waals surface area contributed by atoms with E-state index in [0.717, 1.165) is 19.4 Å². The van der Waals surface area contributed by atoms with Crippen molar-refractivity contribution in [3.8, 4) is 0 Å². The summed E-state index contributed by atoms with van der Waals surface area (Å²) in [5.41, 5.74) is 0. The van der Waals surface area contributed by atoms with Gasteiger partial charge >= 0.3 is 6.03 Å². The van der Waals surface area contributed by atoms with Crippen molar-refractivity contribution in [2.24, 2.45) is 16.8 Å². The molecule has 1 atom stereocenters. The van der Waals surface area contributed by atoms with Crippen LogP contribution in [0.3, 0.4) is 0 Å². The van der Waals surface area contributed by atoms with E-state index in [1.54, 1.807) is 0 Å². The normalized spacial score (nSPS) is 16.5. The second kappa shape index (κ2) is 10.9. The van der Waals surface area contributed by atoms with Crippen LogP contribution >= 0.6 is 0 Å². The van der Waals surface area contributed by atoms with Gasteiger partial charge in [-0.05, 0) is 31.6 Å². The Morgan fingerprint density at radius 3 is 2.67 bits per heavy atom. The second-order valence-electron chi connectivity index (χ2n) is 6.36. The second-order valence-corrected chi connectivity index (χ2v) is 6.36. The molecule has 24 heavy (non-hydrogen) atoms. The van der Waals surface area contributed by atoms with E-state index in [1.807, 2.05) is 6.92 Å². The number of imide groups is 1. The first-order chi connectivity index (χ1) is 11.5. The Morgan fingerprint density at radius 2 is 2.12 bits per heavy atom. The molecule has 0 aliphatic carbocycles. The Morgan fingerprint density at radius 1 is 1.38 bits per heavy atom. The molecule has 1 aliphatic heterocycles. The smallest absolute Gasteiger partial charge is 0.324 e. The fraction of sp³-hybridized carbons (Fsp3) is 0.812. The fourth-order valence-electron chi connectivity index (χ4n) is 2.66. The number of aliphatic hydroxyl groups is 1. The molecule has 1 saturated heterocycles.